The molecule has 0 N–H and O–H groups in total. The molecule has 0 radical (unpaired) electrons. The highest BCUT2D eigenvalue weighted by Gasteiger charge is 2.38. The molecular formula is C34H25NO2S. The Morgan fingerprint density at radius 2 is 1.34 bits per heavy atom. The third-order valence-corrected chi connectivity index (χ3v) is 9.16. The van der Waals surface area contributed by atoms with Crippen molar-refractivity contribution in [2.45, 2.75) is 19.3 Å². The summed E-state index contributed by atoms with van der Waals surface area (Å²) in [7, 11) is 2.09. The maximum atomic E-state index is 13.3. The van der Waals surface area contributed by atoms with Crippen molar-refractivity contribution in [3.8, 4) is 11.1 Å². The highest BCUT2D eigenvalue weighted by Crippen LogP contribution is 2.52. The Labute approximate surface area is 225 Å². The molecule has 1 aromatic heterocycles. The molecule has 0 atom stereocenters. The zero-order chi connectivity index (χ0) is 26.2. The second-order valence-corrected chi connectivity index (χ2v) is 11.7. The van der Waals surface area contributed by atoms with Crippen LogP contribution in [0.5, 0.6) is 0 Å². The molecule has 1 aliphatic carbocycles. The number of benzene rings is 4. The van der Waals surface area contributed by atoms with Gasteiger partial charge in [-0.05, 0) is 69.4 Å². The molecule has 0 saturated heterocycles. The molecule has 0 bridgehead atoms. The average molecular weight is 512 g/mol. The lowest BCUT2D eigenvalue weighted by Crippen LogP contribution is -2.29. The van der Waals surface area contributed by atoms with Gasteiger partial charge in [0.05, 0.1) is 10.6 Å². The number of thiophene rings is 1. The number of fused-ring (bicyclic) bond motifs is 4. The zero-order valence-electron chi connectivity index (χ0n) is 21.4. The van der Waals surface area contributed by atoms with Crippen LogP contribution >= 0.6 is 11.3 Å². The van der Waals surface area contributed by atoms with Gasteiger partial charge >= 0.3 is 0 Å². The molecule has 38 heavy (non-hydrogen) atoms. The molecule has 0 spiro atoms. The number of hydrogen-bond donors (Lipinski definition) is 0. The van der Waals surface area contributed by atoms with E-state index < -0.39 is 0 Å². The van der Waals surface area contributed by atoms with E-state index in [2.05, 4.69) is 74.3 Å². The number of hydrogen-bond acceptors (Lipinski definition) is 4. The third-order valence-electron chi connectivity index (χ3n) is 8.00. The summed E-state index contributed by atoms with van der Waals surface area (Å²) in [6, 6.07) is 30.8. The molecule has 0 amide bonds. The van der Waals surface area contributed by atoms with Crippen LogP contribution < -0.4 is 4.90 Å². The smallest absolute Gasteiger partial charge is 0.197 e. The van der Waals surface area contributed by atoms with E-state index in [0.29, 0.717) is 11.1 Å². The van der Waals surface area contributed by atoms with E-state index in [-0.39, 0.29) is 22.6 Å². The first-order valence-electron chi connectivity index (χ1n) is 12.7. The van der Waals surface area contributed by atoms with Crippen molar-refractivity contribution in [3.05, 3.63) is 124 Å². The molecular weight excluding hydrogens is 486 g/mol. The van der Waals surface area contributed by atoms with Crippen LogP contribution in [0.3, 0.4) is 0 Å². The number of rotatable bonds is 2. The van der Waals surface area contributed by atoms with E-state index in [0.717, 1.165) is 20.7 Å². The minimum absolute atomic E-state index is 0.189. The lowest BCUT2D eigenvalue weighted by atomic mass is 9.75. The van der Waals surface area contributed by atoms with Crippen LogP contribution in [0.1, 0.15) is 50.6 Å². The fourth-order valence-electron chi connectivity index (χ4n) is 5.84. The van der Waals surface area contributed by atoms with Crippen LogP contribution in [-0.2, 0) is 5.41 Å². The summed E-state index contributed by atoms with van der Waals surface area (Å²) in [4.78, 5) is 29.8. The second kappa shape index (κ2) is 8.11. The third kappa shape index (κ3) is 3.27. The van der Waals surface area contributed by atoms with Gasteiger partial charge in [0.25, 0.3) is 0 Å². The average Bonchev–Trinajstić information content (AvgIpc) is 3.47. The fourth-order valence-corrected chi connectivity index (χ4v) is 7.08. The maximum absolute atomic E-state index is 13.3. The van der Waals surface area contributed by atoms with Gasteiger partial charge in [0.1, 0.15) is 0 Å². The number of Topliss-reactive ketones (excluding diaryl/α,β-unsaturated/α-hetero) is 2. The second-order valence-electron chi connectivity index (χ2n) is 10.6. The van der Waals surface area contributed by atoms with Crippen LogP contribution in [-0.4, -0.2) is 18.6 Å². The summed E-state index contributed by atoms with van der Waals surface area (Å²) < 4.78 is 0. The van der Waals surface area contributed by atoms with Crippen LogP contribution in [0.15, 0.2) is 96.6 Å². The van der Waals surface area contributed by atoms with Gasteiger partial charge in [-0.1, -0.05) is 74.5 Å². The predicted octanol–water partition coefficient (Wildman–Crippen LogP) is 8.44. The van der Waals surface area contributed by atoms with Gasteiger partial charge in [-0.3, -0.25) is 9.59 Å². The van der Waals surface area contributed by atoms with Crippen LogP contribution in [0.2, 0.25) is 0 Å². The van der Waals surface area contributed by atoms with E-state index >= 15 is 0 Å². The van der Waals surface area contributed by atoms with Crippen molar-refractivity contribution >= 4 is 50.4 Å². The van der Waals surface area contributed by atoms with E-state index in [1.807, 2.05) is 42.5 Å². The first-order valence-corrected chi connectivity index (χ1v) is 13.6. The number of carbonyl (C=O) groups is 2. The summed E-state index contributed by atoms with van der Waals surface area (Å²) in [6.45, 7) is 4.51. The first kappa shape index (κ1) is 22.9. The Bertz CT molecular complexity index is 1790. The largest absolute Gasteiger partial charge is 0.336 e. The number of nitrogens with zero attached hydrogens (tertiary/aromatic N) is 1. The first-order chi connectivity index (χ1) is 18.3. The van der Waals surface area contributed by atoms with Gasteiger partial charge in [-0.2, -0.15) is 0 Å². The Hall–Kier alpha value is -4.28. The molecule has 4 aromatic carbocycles. The van der Waals surface area contributed by atoms with Crippen LogP contribution in [0, 0.1) is 0 Å². The summed E-state index contributed by atoms with van der Waals surface area (Å²) in [5.74, 6) is -0.379. The standard InChI is InChI=1S/C34H25NO2S/c1-34(2)28-17-23(20-9-5-4-6-10-20)13-14-30(28)35(3)33-29(34)19-24(38-33)18-27-31(36)25-15-21-11-7-8-12-22(21)16-26(25)32(27)37/h4-19H,1-3H3. The normalized spacial score (nSPS) is 15.4. The monoisotopic (exact) mass is 511 g/mol. The summed E-state index contributed by atoms with van der Waals surface area (Å²) in [5, 5.41) is 3.08. The SMILES string of the molecule is CN1c2ccc(-c3ccccc3)cc2C(C)(C)c2cc(C=C3C(=O)c4cc5ccccc5cc4C3=O)sc21. The summed E-state index contributed by atoms with van der Waals surface area (Å²) in [6.07, 6.45) is 1.79. The Kier molecular flexibility index (Phi) is 4.88. The van der Waals surface area contributed by atoms with Crippen molar-refractivity contribution in [1.82, 2.24) is 0 Å². The quantitative estimate of drug-likeness (QED) is 0.176. The van der Waals surface area contributed by atoms with E-state index in [9.17, 15) is 9.59 Å². The van der Waals surface area contributed by atoms with Crippen LogP contribution in [0.25, 0.3) is 28.0 Å². The number of allylic oxidation sites excluding steroid dienone is 1. The van der Waals surface area contributed by atoms with Gasteiger partial charge in [0.15, 0.2) is 11.6 Å². The molecule has 3 nitrogen and oxygen atoms in total. The molecule has 2 aliphatic rings. The Balaban J connectivity index is 1.30. The van der Waals surface area contributed by atoms with E-state index in [1.54, 1.807) is 17.4 Å². The maximum Gasteiger partial charge on any atom is 0.197 e. The van der Waals surface area contributed by atoms with Crippen molar-refractivity contribution in [1.29, 1.82) is 0 Å². The van der Waals surface area contributed by atoms with Gasteiger partial charge in [0.2, 0.25) is 0 Å². The van der Waals surface area contributed by atoms with Crippen LogP contribution in [0.4, 0.5) is 10.7 Å². The summed E-state index contributed by atoms with van der Waals surface area (Å²) in [5.41, 5.74) is 7.04. The molecule has 1 aliphatic heterocycles. The molecule has 0 saturated carbocycles. The molecule has 5 aromatic rings. The highest BCUT2D eigenvalue weighted by molar-refractivity contribution is 7.17. The highest BCUT2D eigenvalue weighted by atomic mass is 32.1. The van der Waals surface area contributed by atoms with Gasteiger partial charge in [-0.15, -0.1) is 11.3 Å². The van der Waals surface area contributed by atoms with E-state index in [4.69, 9.17) is 0 Å². The van der Waals surface area contributed by atoms with Crippen molar-refractivity contribution in [2.75, 3.05) is 11.9 Å². The van der Waals surface area contributed by atoms with Gasteiger partial charge < -0.3 is 4.90 Å². The Morgan fingerprint density at radius 3 is 2.00 bits per heavy atom. The molecule has 7 rings (SSSR count). The number of ketones is 2. The molecule has 2 heterocycles. The van der Waals surface area contributed by atoms with Gasteiger partial charge in [0, 0.05) is 34.2 Å². The molecule has 0 fully saturated rings. The predicted molar refractivity (Wildman–Crippen MR) is 157 cm³/mol. The topological polar surface area (TPSA) is 37.4 Å². The summed E-state index contributed by atoms with van der Waals surface area (Å²) >= 11 is 1.63. The van der Waals surface area contributed by atoms with Crippen molar-refractivity contribution < 1.29 is 9.59 Å². The Morgan fingerprint density at radius 1 is 0.711 bits per heavy atom. The minimum Gasteiger partial charge on any atom is -0.336 e. The molecule has 4 heteroatoms. The minimum atomic E-state index is -0.237. The van der Waals surface area contributed by atoms with Crippen molar-refractivity contribution in [3.63, 3.8) is 0 Å². The number of anilines is 2. The molecule has 184 valence electrons. The fraction of sp³-hybridized carbons (Fsp3) is 0.118. The lowest BCUT2D eigenvalue weighted by molar-refractivity contribution is 0.0990. The van der Waals surface area contributed by atoms with E-state index in [1.165, 1.54) is 27.9 Å². The lowest BCUT2D eigenvalue weighted by Gasteiger charge is -2.38. The number of carbonyl (C=O) groups excluding carboxylic acids is 2. The zero-order valence-corrected chi connectivity index (χ0v) is 22.2. The van der Waals surface area contributed by atoms with Gasteiger partial charge in [-0.25, -0.2) is 0 Å². The van der Waals surface area contributed by atoms with Crippen molar-refractivity contribution in [2.24, 2.45) is 0 Å². The molecule has 0 unspecified atom stereocenters.